The van der Waals surface area contributed by atoms with E-state index in [4.69, 9.17) is 4.74 Å². The number of hydrogen-bond donors (Lipinski definition) is 0. The smallest absolute Gasteiger partial charge is 0.264 e. The highest BCUT2D eigenvalue weighted by Gasteiger charge is 2.31. The molecule has 3 rings (SSSR count). The van der Waals surface area contributed by atoms with E-state index in [0.29, 0.717) is 6.54 Å². The lowest BCUT2D eigenvalue weighted by molar-refractivity contribution is 0.0795. The van der Waals surface area contributed by atoms with Crippen molar-refractivity contribution in [3.8, 4) is 5.75 Å². The largest absolute Gasteiger partial charge is 0.496 e. The van der Waals surface area contributed by atoms with Crippen molar-refractivity contribution in [3.05, 3.63) is 33.8 Å². The van der Waals surface area contributed by atoms with Crippen molar-refractivity contribution in [2.24, 2.45) is 0 Å². The second-order valence-electron chi connectivity index (χ2n) is 6.31. The number of anilines is 1. The average Bonchev–Trinajstić information content (AvgIpc) is 3.29. The van der Waals surface area contributed by atoms with Crippen LogP contribution in [0.3, 0.4) is 0 Å². The second-order valence-corrected chi connectivity index (χ2v) is 7.22. The van der Waals surface area contributed by atoms with E-state index in [2.05, 4.69) is 21.8 Å². The van der Waals surface area contributed by atoms with Gasteiger partial charge in [-0.1, -0.05) is 6.92 Å². The van der Waals surface area contributed by atoms with Crippen molar-refractivity contribution < 1.29 is 9.53 Å². The molecule has 0 spiro atoms. The van der Waals surface area contributed by atoms with E-state index < -0.39 is 0 Å². The fourth-order valence-corrected chi connectivity index (χ4v) is 3.88. The molecule has 0 bridgehead atoms. The number of likely N-dealkylation sites (N-methyl/N-ethyl adjacent to an activating group) is 1. The molecule has 1 atom stereocenters. The molecule has 0 N–H and O–H groups in total. The topological polar surface area (TPSA) is 58.6 Å². The zero-order valence-electron chi connectivity index (χ0n) is 15.2. The number of ether oxygens (including phenoxy) is 1. The summed E-state index contributed by atoms with van der Waals surface area (Å²) in [6, 6.07) is 4.06. The van der Waals surface area contributed by atoms with Crippen LogP contribution in [0.2, 0.25) is 0 Å². The summed E-state index contributed by atoms with van der Waals surface area (Å²) in [6.45, 7) is 5.53. The second kappa shape index (κ2) is 7.39. The third-order valence-electron chi connectivity index (χ3n) is 4.59. The van der Waals surface area contributed by atoms with Crippen molar-refractivity contribution >= 4 is 23.2 Å². The third-order valence-corrected chi connectivity index (χ3v) is 5.49. The van der Waals surface area contributed by atoms with Crippen LogP contribution in [0.1, 0.15) is 34.4 Å². The van der Waals surface area contributed by atoms with Gasteiger partial charge in [-0.25, -0.2) is 9.97 Å². The standard InChI is InChI=1S/C18H24N4O2S/c1-5-13-8-12(2)19-18(20-13)21(3)14-6-7-22(10-14)17(23)16-9-15(24-4)11-25-16/h8-9,11,14H,5-7,10H2,1-4H3. The summed E-state index contributed by atoms with van der Waals surface area (Å²) in [4.78, 5) is 26.6. The van der Waals surface area contributed by atoms with Gasteiger partial charge in [-0.3, -0.25) is 4.79 Å². The molecule has 1 aliphatic rings. The molecule has 1 saturated heterocycles. The van der Waals surface area contributed by atoms with Crippen LogP contribution in [0.4, 0.5) is 5.95 Å². The first kappa shape index (κ1) is 17.7. The van der Waals surface area contributed by atoms with Gasteiger partial charge in [-0.2, -0.15) is 0 Å². The Hall–Kier alpha value is -2.15. The number of carbonyl (C=O) groups is 1. The van der Waals surface area contributed by atoms with Gasteiger partial charge in [-0.15, -0.1) is 11.3 Å². The Labute approximate surface area is 152 Å². The minimum atomic E-state index is 0.0728. The Morgan fingerprint density at radius 1 is 1.44 bits per heavy atom. The number of aryl methyl sites for hydroxylation is 2. The fraction of sp³-hybridized carbons (Fsp3) is 0.500. The molecule has 2 aromatic heterocycles. The number of likely N-dealkylation sites (tertiary alicyclic amines) is 1. The molecular formula is C18H24N4O2S. The SMILES string of the molecule is CCc1cc(C)nc(N(C)C2CCN(C(=O)c3cc(OC)cs3)C2)n1. The molecule has 3 heterocycles. The van der Waals surface area contributed by atoms with Crippen LogP contribution in [-0.4, -0.2) is 54.1 Å². The lowest BCUT2D eigenvalue weighted by Crippen LogP contribution is -2.37. The Kier molecular flexibility index (Phi) is 5.22. The normalized spacial score (nSPS) is 17.0. The molecule has 25 heavy (non-hydrogen) atoms. The zero-order chi connectivity index (χ0) is 18.0. The van der Waals surface area contributed by atoms with Crippen LogP contribution in [0.15, 0.2) is 17.5 Å². The first-order chi connectivity index (χ1) is 12.0. The minimum Gasteiger partial charge on any atom is -0.496 e. The molecule has 0 radical (unpaired) electrons. The van der Waals surface area contributed by atoms with Crippen LogP contribution >= 0.6 is 11.3 Å². The number of carbonyl (C=O) groups excluding carboxylic acids is 1. The lowest BCUT2D eigenvalue weighted by Gasteiger charge is -2.25. The lowest BCUT2D eigenvalue weighted by atomic mass is 10.2. The van der Waals surface area contributed by atoms with E-state index in [1.807, 2.05) is 30.3 Å². The number of aromatic nitrogens is 2. The maximum Gasteiger partial charge on any atom is 0.264 e. The Morgan fingerprint density at radius 2 is 2.24 bits per heavy atom. The van der Waals surface area contributed by atoms with E-state index in [-0.39, 0.29) is 11.9 Å². The number of rotatable bonds is 5. The number of nitrogens with zero attached hydrogens (tertiary/aromatic N) is 4. The van der Waals surface area contributed by atoms with E-state index >= 15 is 0 Å². The highest BCUT2D eigenvalue weighted by molar-refractivity contribution is 7.12. The van der Waals surface area contributed by atoms with Crippen LogP contribution < -0.4 is 9.64 Å². The van der Waals surface area contributed by atoms with Gasteiger partial charge in [0.25, 0.3) is 5.91 Å². The summed E-state index contributed by atoms with van der Waals surface area (Å²) in [7, 11) is 3.63. The monoisotopic (exact) mass is 360 g/mol. The number of thiophene rings is 1. The van der Waals surface area contributed by atoms with Gasteiger partial charge < -0.3 is 14.5 Å². The van der Waals surface area contributed by atoms with E-state index in [0.717, 1.165) is 47.3 Å². The molecule has 7 heteroatoms. The summed E-state index contributed by atoms with van der Waals surface area (Å²) in [6.07, 6.45) is 1.81. The van der Waals surface area contributed by atoms with Crippen LogP contribution in [0, 0.1) is 6.92 Å². The van der Waals surface area contributed by atoms with Gasteiger partial charge in [-0.05, 0) is 25.8 Å². The van der Waals surface area contributed by atoms with Crippen LogP contribution in [-0.2, 0) is 6.42 Å². The summed E-state index contributed by atoms with van der Waals surface area (Å²) >= 11 is 1.43. The zero-order valence-corrected chi connectivity index (χ0v) is 16.0. The summed E-state index contributed by atoms with van der Waals surface area (Å²) in [5, 5.41) is 1.86. The molecule has 1 aliphatic heterocycles. The molecule has 6 nitrogen and oxygen atoms in total. The number of hydrogen-bond acceptors (Lipinski definition) is 6. The van der Waals surface area contributed by atoms with Gasteiger partial charge in [0.1, 0.15) is 5.75 Å². The predicted molar refractivity (Wildman–Crippen MR) is 99.7 cm³/mol. The first-order valence-corrected chi connectivity index (χ1v) is 9.39. The molecule has 1 fully saturated rings. The summed E-state index contributed by atoms with van der Waals surface area (Å²) in [5.74, 6) is 1.55. The van der Waals surface area contributed by atoms with E-state index in [1.54, 1.807) is 13.2 Å². The number of amides is 1. The Bertz CT molecular complexity index is 761. The molecule has 1 amide bonds. The van der Waals surface area contributed by atoms with E-state index in [1.165, 1.54) is 11.3 Å². The maximum atomic E-state index is 12.7. The van der Waals surface area contributed by atoms with Gasteiger partial charge in [0.15, 0.2) is 0 Å². The molecule has 0 saturated carbocycles. The first-order valence-electron chi connectivity index (χ1n) is 8.51. The molecule has 2 aromatic rings. The Balaban J connectivity index is 1.69. The molecule has 0 aromatic carbocycles. The van der Waals surface area contributed by atoms with Gasteiger partial charge >= 0.3 is 0 Å². The molecular weight excluding hydrogens is 336 g/mol. The fourth-order valence-electron chi connectivity index (χ4n) is 3.06. The Morgan fingerprint density at radius 3 is 2.92 bits per heavy atom. The van der Waals surface area contributed by atoms with Crippen molar-refractivity contribution in [1.29, 1.82) is 0 Å². The van der Waals surface area contributed by atoms with Crippen molar-refractivity contribution in [2.45, 2.75) is 32.7 Å². The van der Waals surface area contributed by atoms with E-state index in [9.17, 15) is 4.79 Å². The highest BCUT2D eigenvalue weighted by atomic mass is 32.1. The van der Waals surface area contributed by atoms with Crippen LogP contribution in [0.25, 0.3) is 0 Å². The van der Waals surface area contributed by atoms with Crippen molar-refractivity contribution in [1.82, 2.24) is 14.9 Å². The van der Waals surface area contributed by atoms with Crippen molar-refractivity contribution in [2.75, 3.05) is 32.1 Å². The quantitative estimate of drug-likeness (QED) is 0.821. The molecule has 134 valence electrons. The van der Waals surface area contributed by atoms with Gasteiger partial charge in [0, 0.05) is 43.0 Å². The molecule has 1 unspecified atom stereocenters. The number of methoxy groups -OCH3 is 1. The molecule has 0 aliphatic carbocycles. The van der Waals surface area contributed by atoms with Crippen molar-refractivity contribution in [3.63, 3.8) is 0 Å². The minimum absolute atomic E-state index is 0.0728. The van der Waals surface area contributed by atoms with Gasteiger partial charge in [0.2, 0.25) is 5.95 Å². The van der Waals surface area contributed by atoms with Crippen LogP contribution in [0.5, 0.6) is 5.75 Å². The summed E-state index contributed by atoms with van der Waals surface area (Å²) in [5.41, 5.74) is 2.02. The summed E-state index contributed by atoms with van der Waals surface area (Å²) < 4.78 is 5.17. The third kappa shape index (κ3) is 3.76. The highest BCUT2D eigenvalue weighted by Crippen LogP contribution is 2.26. The predicted octanol–water partition coefficient (Wildman–Crippen LogP) is 2.77. The maximum absolute atomic E-state index is 12.7. The van der Waals surface area contributed by atoms with Gasteiger partial charge in [0.05, 0.1) is 18.0 Å². The average molecular weight is 360 g/mol.